The fraction of sp³-hybridized carbons (Fsp3) is 0.238. The van der Waals surface area contributed by atoms with Gasteiger partial charge < -0.3 is 9.72 Å². The Morgan fingerprint density at radius 1 is 1.23 bits per heavy atom. The molecule has 26 heavy (non-hydrogen) atoms. The Balaban J connectivity index is 1.63. The van der Waals surface area contributed by atoms with Gasteiger partial charge in [0.15, 0.2) is 6.29 Å². The molecule has 0 spiro atoms. The molecule has 0 saturated carbocycles. The largest absolute Gasteiger partial charge is 0.492 e. The van der Waals surface area contributed by atoms with Crippen molar-refractivity contribution in [3.63, 3.8) is 0 Å². The van der Waals surface area contributed by atoms with Crippen molar-refractivity contribution in [3.05, 3.63) is 70.8 Å². The molecule has 3 aromatic rings. The van der Waals surface area contributed by atoms with E-state index in [9.17, 15) is 4.79 Å². The molecule has 1 unspecified atom stereocenters. The van der Waals surface area contributed by atoms with Crippen LogP contribution in [0.15, 0.2) is 48.8 Å². The number of aryl methyl sites for hydroxylation is 1. The first-order valence-electron chi connectivity index (χ1n) is 8.75. The number of aldehydes is 1. The second kappa shape index (κ2) is 7.34. The summed E-state index contributed by atoms with van der Waals surface area (Å²) in [5.74, 6) is 1.00. The van der Waals surface area contributed by atoms with E-state index >= 15 is 0 Å². The second-order valence-corrected chi connectivity index (χ2v) is 6.95. The summed E-state index contributed by atoms with van der Waals surface area (Å²) in [5, 5.41) is 0.611. The van der Waals surface area contributed by atoms with Gasteiger partial charge in [0.1, 0.15) is 5.75 Å². The minimum absolute atomic E-state index is 0.273. The number of H-pyrrole nitrogens is 1. The van der Waals surface area contributed by atoms with Crippen LogP contribution < -0.4 is 4.74 Å². The standard InChI is InChI=1S/C21H19ClN2O2/c22-16-8-9-20(18(10-16)17-6-2-1-4-14(17)11-25)26-12-15-5-3-7-19-21(15)24-13-23-19/h1-2,4,6,8-11,13,15H,3,5,7,12H2,(H,23,24). The van der Waals surface area contributed by atoms with Crippen molar-refractivity contribution >= 4 is 17.9 Å². The summed E-state index contributed by atoms with van der Waals surface area (Å²) < 4.78 is 6.18. The molecular formula is C21H19ClN2O2. The number of fused-ring (bicyclic) bond motifs is 1. The minimum Gasteiger partial charge on any atom is -0.492 e. The Hall–Kier alpha value is -2.59. The zero-order valence-corrected chi connectivity index (χ0v) is 15.0. The summed E-state index contributed by atoms with van der Waals surface area (Å²) in [6.45, 7) is 0.551. The van der Waals surface area contributed by atoms with Gasteiger partial charge in [-0.3, -0.25) is 4.79 Å². The van der Waals surface area contributed by atoms with Crippen LogP contribution in [0, 0.1) is 0 Å². The summed E-state index contributed by atoms with van der Waals surface area (Å²) in [6, 6.07) is 13.0. The number of imidazole rings is 1. The van der Waals surface area contributed by atoms with Crippen molar-refractivity contribution in [2.45, 2.75) is 25.2 Å². The van der Waals surface area contributed by atoms with E-state index in [0.717, 1.165) is 48.1 Å². The number of carbonyl (C=O) groups is 1. The molecule has 0 aliphatic heterocycles. The SMILES string of the molecule is O=Cc1ccccc1-c1cc(Cl)ccc1OCC1CCCc2[nH]cnc21. The zero-order chi connectivity index (χ0) is 17.9. The quantitative estimate of drug-likeness (QED) is 0.643. The van der Waals surface area contributed by atoms with E-state index in [-0.39, 0.29) is 5.92 Å². The highest BCUT2D eigenvalue weighted by Crippen LogP contribution is 2.36. The fourth-order valence-electron chi connectivity index (χ4n) is 3.58. The smallest absolute Gasteiger partial charge is 0.150 e. The van der Waals surface area contributed by atoms with Crippen LogP contribution in [0.4, 0.5) is 0 Å². The van der Waals surface area contributed by atoms with Gasteiger partial charge in [-0.2, -0.15) is 0 Å². The van der Waals surface area contributed by atoms with E-state index in [1.807, 2.05) is 36.4 Å². The maximum absolute atomic E-state index is 11.4. The number of ether oxygens (including phenoxy) is 1. The van der Waals surface area contributed by atoms with Crippen LogP contribution >= 0.6 is 11.6 Å². The maximum Gasteiger partial charge on any atom is 0.150 e. The summed E-state index contributed by atoms with van der Waals surface area (Å²) in [4.78, 5) is 19.1. The topological polar surface area (TPSA) is 55.0 Å². The van der Waals surface area contributed by atoms with Gasteiger partial charge >= 0.3 is 0 Å². The van der Waals surface area contributed by atoms with Gasteiger partial charge in [0, 0.05) is 27.8 Å². The third-order valence-corrected chi connectivity index (χ3v) is 5.11. The number of halogens is 1. The first-order chi connectivity index (χ1) is 12.8. The molecule has 1 atom stereocenters. The number of aromatic nitrogens is 2. The van der Waals surface area contributed by atoms with Crippen LogP contribution in [0.3, 0.4) is 0 Å². The molecule has 132 valence electrons. The third-order valence-electron chi connectivity index (χ3n) is 4.88. The molecule has 1 aliphatic rings. The zero-order valence-electron chi connectivity index (χ0n) is 14.2. The van der Waals surface area contributed by atoms with Crippen LogP contribution in [0.25, 0.3) is 11.1 Å². The number of nitrogens with zero attached hydrogens (tertiary/aromatic N) is 1. The summed E-state index contributed by atoms with van der Waals surface area (Å²) in [7, 11) is 0. The fourth-order valence-corrected chi connectivity index (χ4v) is 3.75. The van der Waals surface area contributed by atoms with Crippen LogP contribution in [-0.4, -0.2) is 22.9 Å². The molecule has 2 aromatic carbocycles. The average molecular weight is 367 g/mol. The predicted molar refractivity (Wildman–Crippen MR) is 102 cm³/mol. The lowest BCUT2D eigenvalue weighted by Gasteiger charge is -2.22. The molecule has 5 heteroatoms. The molecule has 4 nitrogen and oxygen atoms in total. The molecule has 0 radical (unpaired) electrons. The highest BCUT2D eigenvalue weighted by Gasteiger charge is 2.23. The van der Waals surface area contributed by atoms with Crippen LogP contribution in [0.5, 0.6) is 5.75 Å². The molecule has 0 fully saturated rings. The van der Waals surface area contributed by atoms with Gasteiger partial charge in [-0.15, -0.1) is 0 Å². The predicted octanol–water partition coefficient (Wildman–Crippen LogP) is 5.04. The van der Waals surface area contributed by atoms with E-state index in [4.69, 9.17) is 16.3 Å². The van der Waals surface area contributed by atoms with E-state index < -0.39 is 0 Å². The first kappa shape index (κ1) is 16.9. The Bertz CT molecular complexity index is 935. The average Bonchev–Trinajstić information content (AvgIpc) is 3.16. The van der Waals surface area contributed by atoms with Crippen LogP contribution in [-0.2, 0) is 6.42 Å². The van der Waals surface area contributed by atoms with E-state index in [2.05, 4.69) is 9.97 Å². The summed E-state index contributed by atoms with van der Waals surface area (Å²) in [5.41, 5.74) is 4.60. The molecule has 4 rings (SSSR count). The lowest BCUT2D eigenvalue weighted by Crippen LogP contribution is -2.17. The first-order valence-corrected chi connectivity index (χ1v) is 9.13. The molecule has 0 amide bonds. The van der Waals surface area contributed by atoms with Gasteiger partial charge in [0.05, 0.1) is 18.6 Å². The van der Waals surface area contributed by atoms with Crippen molar-refractivity contribution in [2.24, 2.45) is 0 Å². The van der Waals surface area contributed by atoms with Gasteiger partial charge in [-0.1, -0.05) is 35.9 Å². The second-order valence-electron chi connectivity index (χ2n) is 6.51. The van der Waals surface area contributed by atoms with Gasteiger partial charge in [0.25, 0.3) is 0 Å². The number of aromatic amines is 1. The van der Waals surface area contributed by atoms with Crippen molar-refractivity contribution in [2.75, 3.05) is 6.61 Å². The Kier molecular flexibility index (Phi) is 4.76. The lowest BCUT2D eigenvalue weighted by atomic mass is 9.90. The van der Waals surface area contributed by atoms with E-state index in [1.165, 1.54) is 5.69 Å². The molecule has 0 saturated heterocycles. The number of nitrogens with one attached hydrogen (secondary N) is 1. The summed E-state index contributed by atoms with van der Waals surface area (Å²) in [6.07, 6.45) is 5.86. The number of hydrogen-bond donors (Lipinski definition) is 1. The molecule has 1 heterocycles. The number of hydrogen-bond acceptors (Lipinski definition) is 3. The van der Waals surface area contributed by atoms with Crippen molar-refractivity contribution in [1.29, 1.82) is 0 Å². The van der Waals surface area contributed by atoms with E-state index in [0.29, 0.717) is 17.2 Å². The molecular weight excluding hydrogens is 348 g/mol. The van der Waals surface area contributed by atoms with Crippen molar-refractivity contribution in [3.8, 4) is 16.9 Å². The van der Waals surface area contributed by atoms with Gasteiger partial charge in [-0.05, 0) is 43.0 Å². The summed E-state index contributed by atoms with van der Waals surface area (Å²) >= 11 is 6.21. The Morgan fingerprint density at radius 3 is 3.00 bits per heavy atom. The Labute approximate surface area is 157 Å². The number of rotatable bonds is 5. The third kappa shape index (κ3) is 3.25. The van der Waals surface area contributed by atoms with Crippen molar-refractivity contribution in [1.82, 2.24) is 9.97 Å². The number of benzene rings is 2. The monoisotopic (exact) mass is 366 g/mol. The number of carbonyl (C=O) groups excluding carboxylic acids is 1. The molecule has 0 bridgehead atoms. The van der Waals surface area contributed by atoms with Crippen LogP contribution in [0.2, 0.25) is 5.02 Å². The molecule has 1 N–H and O–H groups in total. The minimum atomic E-state index is 0.273. The Morgan fingerprint density at radius 2 is 2.12 bits per heavy atom. The highest BCUT2D eigenvalue weighted by molar-refractivity contribution is 6.31. The normalized spacial score (nSPS) is 16.1. The van der Waals surface area contributed by atoms with Gasteiger partial charge in [0.2, 0.25) is 0 Å². The van der Waals surface area contributed by atoms with E-state index in [1.54, 1.807) is 12.4 Å². The van der Waals surface area contributed by atoms with Crippen molar-refractivity contribution < 1.29 is 9.53 Å². The van der Waals surface area contributed by atoms with Crippen LogP contribution in [0.1, 0.15) is 40.5 Å². The molecule has 1 aromatic heterocycles. The maximum atomic E-state index is 11.4. The highest BCUT2D eigenvalue weighted by atomic mass is 35.5. The lowest BCUT2D eigenvalue weighted by molar-refractivity contribution is 0.112. The molecule has 1 aliphatic carbocycles. The van der Waals surface area contributed by atoms with Gasteiger partial charge in [-0.25, -0.2) is 4.98 Å².